The van der Waals surface area contributed by atoms with E-state index in [0.717, 1.165) is 16.7 Å². The molecule has 0 saturated heterocycles. The van der Waals surface area contributed by atoms with Crippen molar-refractivity contribution < 1.29 is 0 Å². The van der Waals surface area contributed by atoms with Gasteiger partial charge in [-0.2, -0.15) is 4.98 Å². The van der Waals surface area contributed by atoms with Crippen LogP contribution in [0.15, 0.2) is 10.7 Å². The van der Waals surface area contributed by atoms with E-state index in [-0.39, 0.29) is 0 Å². The van der Waals surface area contributed by atoms with E-state index in [0.29, 0.717) is 17.4 Å². The van der Waals surface area contributed by atoms with Crippen LogP contribution in [-0.2, 0) is 0 Å². The number of hydrazine groups is 1. The summed E-state index contributed by atoms with van der Waals surface area (Å²) in [5, 5.41) is 3.49. The maximum atomic E-state index is 5.33. The number of anilines is 2. The van der Waals surface area contributed by atoms with E-state index in [9.17, 15) is 0 Å². The van der Waals surface area contributed by atoms with Gasteiger partial charge in [0, 0.05) is 12.2 Å². The molecule has 100 valence electrons. The summed E-state index contributed by atoms with van der Waals surface area (Å²) in [6.07, 6.45) is 6.61. The fourth-order valence-electron chi connectivity index (χ4n) is 2.55. The Kier molecular flexibility index (Phi) is 4.07. The molecule has 0 bridgehead atoms. The van der Waals surface area contributed by atoms with Crippen molar-refractivity contribution in [2.75, 3.05) is 10.7 Å². The molecule has 0 amide bonds. The molecule has 5 nitrogen and oxygen atoms in total. The maximum absolute atomic E-state index is 5.33. The fourth-order valence-corrected chi connectivity index (χ4v) is 2.86. The number of nitrogens with two attached hydrogens (primary N) is 1. The van der Waals surface area contributed by atoms with Crippen molar-refractivity contribution in [3.63, 3.8) is 0 Å². The number of hydrogen-bond donors (Lipinski definition) is 3. The Balaban J connectivity index is 2.09. The Hall–Kier alpha value is -0.880. The number of nitrogens with one attached hydrogen (secondary N) is 2. The van der Waals surface area contributed by atoms with Crippen LogP contribution in [-0.4, -0.2) is 16.0 Å². The van der Waals surface area contributed by atoms with E-state index >= 15 is 0 Å². The van der Waals surface area contributed by atoms with E-state index < -0.39 is 0 Å². The lowest BCUT2D eigenvalue weighted by Crippen LogP contribution is -2.32. The standard InChI is InChI=1S/C12H20BrN5/c1-12(2)5-3-4-8(6-12)16-10-9(13)7-15-11(17-10)18-14/h7-8H,3-6,14H2,1-2H3,(H2,15,16,17,18). The van der Waals surface area contributed by atoms with Crippen LogP contribution in [0.25, 0.3) is 0 Å². The largest absolute Gasteiger partial charge is 0.366 e. The van der Waals surface area contributed by atoms with Crippen LogP contribution >= 0.6 is 15.9 Å². The molecular weight excluding hydrogens is 294 g/mol. The van der Waals surface area contributed by atoms with E-state index in [2.05, 4.69) is 50.5 Å². The normalized spacial score (nSPS) is 22.6. The lowest BCUT2D eigenvalue weighted by Gasteiger charge is -2.35. The van der Waals surface area contributed by atoms with Gasteiger partial charge in [0.1, 0.15) is 5.82 Å². The average molecular weight is 314 g/mol. The predicted octanol–water partition coefficient (Wildman–Crippen LogP) is 2.91. The molecule has 0 aromatic carbocycles. The maximum Gasteiger partial charge on any atom is 0.239 e. The predicted molar refractivity (Wildman–Crippen MR) is 77.2 cm³/mol. The van der Waals surface area contributed by atoms with Crippen molar-refractivity contribution in [3.8, 4) is 0 Å². The Morgan fingerprint density at radius 3 is 2.94 bits per heavy atom. The molecule has 1 aliphatic rings. The van der Waals surface area contributed by atoms with Crippen molar-refractivity contribution >= 4 is 27.7 Å². The monoisotopic (exact) mass is 313 g/mol. The van der Waals surface area contributed by atoms with Crippen LogP contribution in [0.5, 0.6) is 0 Å². The third kappa shape index (κ3) is 3.32. The molecule has 4 N–H and O–H groups in total. The summed E-state index contributed by atoms with van der Waals surface area (Å²) in [4.78, 5) is 8.37. The molecule has 2 rings (SSSR count). The van der Waals surface area contributed by atoms with Crippen LogP contribution in [0.3, 0.4) is 0 Å². The summed E-state index contributed by atoms with van der Waals surface area (Å²) in [7, 11) is 0. The summed E-state index contributed by atoms with van der Waals surface area (Å²) >= 11 is 3.46. The zero-order valence-electron chi connectivity index (χ0n) is 10.8. The van der Waals surface area contributed by atoms with Gasteiger partial charge < -0.3 is 5.32 Å². The van der Waals surface area contributed by atoms with Crippen LogP contribution in [0.4, 0.5) is 11.8 Å². The minimum absolute atomic E-state index is 0.407. The highest BCUT2D eigenvalue weighted by Gasteiger charge is 2.28. The Bertz CT molecular complexity index is 421. The molecule has 1 fully saturated rings. The minimum atomic E-state index is 0.407. The molecule has 1 unspecified atom stereocenters. The first-order valence-corrected chi connectivity index (χ1v) is 7.05. The first kappa shape index (κ1) is 13.5. The first-order chi connectivity index (χ1) is 8.50. The summed E-state index contributed by atoms with van der Waals surface area (Å²) in [5.41, 5.74) is 2.87. The molecule has 1 aromatic rings. The number of rotatable bonds is 3. The number of nitrogens with zero attached hydrogens (tertiary/aromatic N) is 2. The number of hydrogen-bond acceptors (Lipinski definition) is 5. The number of nitrogen functional groups attached to an aromatic ring is 1. The van der Waals surface area contributed by atoms with Gasteiger partial charge in [0.2, 0.25) is 5.95 Å². The molecular formula is C12H20BrN5. The van der Waals surface area contributed by atoms with E-state index in [1.54, 1.807) is 6.20 Å². The van der Waals surface area contributed by atoms with Gasteiger partial charge in [-0.05, 0) is 40.6 Å². The zero-order chi connectivity index (χ0) is 13.2. The fraction of sp³-hybridized carbons (Fsp3) is 0.667. The summed E-state index contributed by atoms with van der Waals surface area (Å²) in [6.45, 7) is 4.64. The minimum Gasteiger partial charge on any atom is -0.366 e. The van der Waals surface area contributed by atoms with E-state index in [1.807, 2.05) is 0 Å². The van der Waals surface area contributed by atoms with Crippen molar-refractivity contribution in [1.82, 2.24) is 9.97 Å². The quantitative estimate of drug-likeness (QED) is 0.591. The highest BCUT2D eigenvalue weighted by Crippen LogP contribution is 2.36. The van der Waals surface area contributed by atoms with Gasteiger partial charge in [-0.15, -0.1) is 0 Å². The van der Waals surface area contributed by atoms with Crippen molar-refractivity contribution in [2.24, 2.45) is 11.3 Å². The van der Waals surface area contributed by atoms with Gasteiger partial charge in [0.15, 0.2) is 0 Å². The van der Waals surface area contributed by atoms with Gasteiger partial charge in [0.25, 0.3) is 0 Å². The summed E-state index contributed by atoms with van der Waals surface area (Å²) in [5.74, 6) is 6.56. The van der Waals surface area contributed by atoms with Gasteiger partial charge in [-0.25, -0.2) is 10.8 Å². The second kappa shape index (κ2) is 5.40. The Labute approximate surface area is 116 Å². The molecule has 1 heterocycles. The Morgan fingerprint density at radius 2 is 2.28 bits per heavy atom. The molecule has 1 atom stereocenters. The molecule has 0 spiro atoms. The van der Waals surface area contributed by atoms with Crippen molar-refractivity contribution in [1.29, 1.82) is 0 Å². The molecule has 18 heavy (non-hydrogen) atoms. The SMILES string of the molecule is CC1(C)CCCC(Nc2nc(NN)ncc2Br)C1. The Morgan fingerprint density at radius 1 is 1.50 bits per heavy atom. The molecule has 1 aliphatic carbocycles. The molecule has 0 aliphatic heterocycles. The number of halogens is 1. The van der Waals surface area contributed by atoms with Gasteiger partial charge in [-0.3, -0.25) is 5.43 Å². The second-order valence-electron chi connectivity index (χ2n) is 5.64. The van der Waals surface area contributed by atoms with E-state index in [1.165, 1.54) is 19.3 Å². The molecule has 0 radical (unpaired) electrons. The van der Waals surface area contributed by atoms with Crippen LogP contribution in [0.1, 0.15) is 39.5 Å². The third-order valence-electron chi connectivity index (χ3n) is 3.42. The highest BCUT2D eigenvalue weighted by atomic mass is 79.9. The molecule has 6 heteroatoms. The van der Waals surface area contributed by atoms with Crippen molar-refractivity contribution in [3.05, 3.63) is 10.7 Å². The molecule has 1 saturated carbocycles. The third-order valence-corrected chi connectivity index (χ3v) is 4.00. The lowest BCUT2D eigenvalue weighted by molar-refractivity contribution is 0.229. The zero-order valence-corrected chi connectivity index (χ0v) is 12.4. The van der Waals surface area contributed by atoms with E-state index in [4.69, 9.17) is 5.84 Å². The first-order valence-electron chi connectivity index (χ1n) is 6.26. The van der Waals surface area contributed by atoms with Crippen molar-refractivity contribution in [2.45, 2.75) is 45.6 Å². The highest BCUT2D eigenvalue weighted by molar-refractivity contribution is 9.10. The molecule has 1 aromatic heterocycles. The smallest absolute Gasteiger partial charge is 0.239 e. The number of aromatic nitrogens is 2. The summed E-state index contributed by atoms with van der Waals surface area (Å²) < 4.78 is 0.866. The van der Waals surface area contributed by atoms with Crippen LogP contribution in [0, 0.1) is 5.41 Å². The second-order valence-corrected chi connectivity index (χ2v) is 6.49. The topological polar surface area (TPSA) is 75.9 Å². The van der Waals surface area contributed by atoms with Crippen LogP contribution < -0.4 is 16.6 Å². The van der Waals surface area contributed by atoms with Gasteiger partial charge >= 0.3 is 0 Å². The van der Waals surface area contributed by atoms with Crippen LogP contribution in [0.2, 0.25) is 0 Å². The lowest BCUT2D eigenvalue weighted by atomic mass is 9.75. The summed E-state index contributed by atoms with van der Waals surface area (Å²) in [6, 6.07) is 0.463. The average Bonchev–Trinajstić information content (AvgIpc) is 2.31. The van der Waals surface area contributed by atoms with Gasteiger partial charge in [-0.1, -0.05) is 20.3 Å². The van der Waals surface area contributed by atoms with Gasteiger partial charge in [0.05, 0.1) is 4.47 Å².